The lowest BCUT2D eigenvalue weighted by Gasteiger charge is -2.47. The van der Waals surface area contributed by atoms with Gasteiger partial charge in [0, 0.05) is 0 Å². The third kappa shape index (κ3) is 8.69. The number of allylic oxidation sites excluding steroid dienone is 4. The standard InChI is InChI=1S/C24H44I2OSi2/c1-19(13-15-25)17-21(28(9,10)23(3,4)5)27-22(18-20(2)14-16-26)29(11,12)24(6,7)8/h13-18,21-22H,1-12H3/b15-13+,16-14+,19-17+,20-18+/t21-,22+. The van der Waals surface area contributed by atoms with Crippen molar-refractivity contribution in [1.29, 1.82) is 0 Å². The Balaban J connectivity index is 6.52. The Morgan fingerprint density at radius 2 is 0.966 bits per heavy atom. The van der Waals surface area contributed by atoms with E-state index in [-0.39, 0.29) is 21.5 Å². The molecule has 0 aromatic rings. The van der Waals surface area contributed by atoms with E-state index in [1.54, 1.807) is 0 Å². The van der Waals surface area contributed by atoms with Gasteiger partial charge in [-0.05, 0) is 32.1 Å². The molecule has 29 heavy (non-hydrogen) atoms. The molecule has 5 heteroatoms. The molecule has 0 aliphatic rings. The minimum Gasteiger partial charge on any atom is -0.374 e. The Morgan fingerprint density at radius 3 is 1.17 bits per heavy atom. The van der Waals surface area contributed by atoms with Gasteiger partial charge < -0.3 is 4.74 Å². The molecule has 0 spiro atoms. The van der Waals surface area contributed by atoms with Gasteiger partial charge in [-0.3, -0.25) is 0 Å². The van der Waals surface area contributed by atoms with Crippen molar-refractivity contribution in [3.63, 3.8) is 0 Å². The van der Waals surface area contributed by atoms with E-state index in [0.29, 0.717) is 0 Å². The number of hydrogen-bond donors (Lipinski definition) is 0. The number of ether oxygens (including phenoxy) is 1. The van der Waals surface area contributed by atoms with Crippen LogP contribution in [0.4, 0.5) is 0 Å². The third-order valence-corrected chi connectivity index (χ3v) is 19.0. The van der Waals surface area contributed by atoms with Crippen LogP contribution >= 0.6 is 45.2 Å². The minimum absolute atomic E-state index is 0.168. The molecule has 0 aliphatic carbocycles. The molecule has 0 radical (unpaired) electrons. The van der Waals surface area contributed by atoms with Crippen LogP contribution in [0.3, 0.4) is 0 Å². The van der Waals surface area contributed by atoms with Gasteiger partial charge in [-0.15, -0.1) is 0 Å². The molecular formula is C24H44I2OSi2. The predicted octanol–water partition coefficient (Wildman–Crippen LogP) is 9.63. The summed E-state index contributed by atoms with van der Waals surface area (Å²) in [7, 11) is -3.52. The maximum Gasteiger partial charge on any atom is 0.0918 e. The van der Waals surface area contributed by atoms with Crippen LogP contribution in [-0.2, 0) is 4.74 Å². The lowest BCUT2D eigenvalue weighted by atomic mass is 10.2. The molecule has 0 fully saturated rings. The van der Waals surface area contributed by atoms with Gasteiger partial charge in [0.1, 0.15) is 0 Å². The molecule has 0 aromatic heterocycles. The van der Waals surface area contributed by atoms with Crippen LogP contribution in [0, 0.1) is 0 Å². The molecule has 0 saturated heterocycles. The van der Waals surface area contributed by atoms with Crippen LogP contribution in [-0.4, -0.2) is 27.6 Å². The van der Waals surface area contributed by atoms with Crippen LogP contribution in [0.15, 0.2) is 43.6 Å². The topological polar surface area (TPSA) is 9.23 Å². The summed E-state index contributed by atoms with van der Waals surface area (Å²) < 4.78 is 11.3. The second-order valence-corrected chi connectivity index (χ2v) is 23.8. The fourth-order valence-electron chi connectivity index (χ4n) is 2.63. The average Bonchev–Trinajstić information content (AvgIpc) is 2.51. The van der Waals surface area contributed by atoms with Gasteiger partial charge in [0.2, 0.25) is 0 Å². The second-order valence-electron chi connectivity index (χ2n) is 11.3. The van der Waals surface area contributed by atoms with Crippen LogP contribution < -0.4 is 0 Å². The molecule has 0 rings (SSSR count). The van der Waals surface area contributed by atoms with Gasteiger partial charge in [0.25, 0.3) is 0 Å². The number of hydrogen-bond acceptors (Lipinski definition) is 1. The highest BCUT2D eigenvalue weighted by molar-refractivity contribution is 14.1. The summed E-state index contributed by atoms with van der Waals surface area (Å²) in [5, 5.41) is 0.503. The Kier molecular flexibility index (Phi) is 11.9. The van der Waals surface area contributed by atoms with E-state index in [4.69, 9.17) is 4.74 Å². The molecule has 0 aromatic carbocycles. The summed E-state index contributed by atoms with van der Waals surface area (Å²) in [4.78, 5) is 0. The van der Waals surface area contributed by atoms with E-state index in [0.717, 1.165) is 0 Å². The van der Waals surface area contributed by atoms with Crippen LogP contribution in [0.1, 0.15) is 55.4 Å². The molecule has 0 bridgehead atoms. The van der Waals surface area contributed by atoms with Crippen molar-refractivity contribution in [2.45, 2.75) is 103 Å². The molecule has 0 amide bonds. The molecule has 0 heterocycles. The highest BCUT2D eigenvalue weighted by atomic mass is 127. The van der Waals surface area contributed by atoms with Crippen molar-refractivity contribution in [1.82, 2.24) is 0 Å². The van der Waals surface area contributed by atoms with Crippen LogP contribution in [0.2, 0.25) is 36.3 Å². The van der Waals surface area contributed by atoms with Crippen LogP contribution in [0.25, 0.3) is 0 Å². The van der Waals surface area contributed by atoms with E-state index in [1.165, 1.54) is 11.1 Å². The largest absolute Gasteiger partial charge is 0.374 e. The first-order chi connectivity index (χ1) is 12.9. The smallest absolute Gasteiger partial charge is 0.0918 e. The molecule has 0 N–H and O–H groups in total. The summed E-state index contributed by atoms with van der Waals surface area (Å²) in [6.07, 6.45) is 9.16. The van der Waals surface area contributed by atoms with E-state index < -0.39 is 16.1 Å². The van der Waals surface area contributed by atoms with Crippen molar-refractivity contribution >= 4 is 61.3 Å². The molecular weight excluding hydrogens is 614 g/mol. The first-order valence-corrected chi connectivity index (χ1v) is 19.1. The Hall–Kier alpha value is 0.814. The summed E-state index contributed by atoms with van der Waals surface area (Å²) in [5.74, 6) is 0. The molecule has 1 nitrogen and oxygen atoms in total. The van der Waals surface area contributed by atoms with E-state index >= 15 is 0 Å². The zero-order valence-electron chi connectivity index (χ0n) is 20.8. The highest BCUT2D eigenvalue weighted by Crippen LogP contribution is 2.44. The average molecular weight is 659 g/mol. The number of rotatable bonds is 8. The van der Waals surface area contributed by atoms with Crippen molar-refractivity contribution in [3.8, 4) is 0 Å². The fraction of sp³-hybridized carbons (Fsp3) is 0.667. The third-order valence-electron chi connectivity index (χ3n) is 7.06. The monoisotopic (exact) mass is 658 g/mol. The molecule has 2 atom stereocenters. The SMILES string of the molecule is CC(/C=C/I)=C\[C@H](O[C@H](/C=C(C)/C=C/I)[Si](C)(C)C(C)(C)C)[Si](C)(C)C(C)(C)C. The summed E-state index contributed by atoms with van der Waals surface area (Å²) in [6, 6.07) is 0. The first kappa shape index (κ1) is 29.8. The van der Waals surface area contributed by atoms with Crippen molar-refractivity contribution in [3.05, 3.63) is 43.6 Å². The van der Waals surface area contributed by atoms with Crippen LogP contribution in [0.5, 0.6) is 0 Å². The van der Waals surface area contributed by atoms with Gasteiger partial charge >= 0.3 is 0 Å². The maximum atomic E-state index is 7.17. The summed E-state index contributed by atoms with van der Waals surface area (Å²) >= 11 is 4.60. The summed E-state index contributed by atoms with van der Waals surface area (Å²) in [5.41, 5.74) is 2.91. The van der Waals surface area contributed by atoms with Crippen molar-refractivity contribution in [2.24, 2.45) is 0 Å². The Labute approximate surface area is 211 Å². The van der Waals surface area contributed by atoms with Gasteiger partial charge in [-0.1, -0.05) is 148 Å². The van der Waals surface area contributed by atoms with E-state index in [2.05, 4.69) is 159 Å². The van der Waals surface area contributed by atoms with E-state index in [1.807, 2.05) is 0 Å². The maximum absolute atomic E-state index is 7.17. The molecule has 0 aliphatic heterocycles. The van der Waals surface area contributed by atoms with Gasteiger partial charge in [0.05, 0.1) is 27.6 Å². The van der Waals surface area contributed by atoms with Gasteiger partial charge in [0.15, 0.2) is 0 Å². The molecule has 0 unspecified atom stereocenters. The summed E-state index contributed by atoms with van der Waals surface area (Å²) in [6.45, 7) is 28.6. The van der Waals surface area contributed by atoms with Crippen molar-refractivity contribution < 1.29 is 4.74 Å². The minimum atomic E-state index is -1.76. The lowest BCUT2D eigenvalue weighted by Crippen LogP contribution is -2.56. The number of halogens is 2. The fourth-order valence-corrected chi connectivity index (χ4v) is 7.94. The highest BCUT2D eigenvalue weighted by Gasteiger charge is 2.47. The Bertz CT molecular complexity index is 589. The quantitative estimate of drug-likeness (QED) is 0.143. The first-order valence-electron chi connectivity index (χ1n) is 10.5. The Morgan fingerprint density at radius 1 is 0.690 bits per heavy atom. The molecule has 168 valence electrons. The van der Waals surface area contributed by atoms with Gasteiger partial charge in [-0.25, -0.2) is 0 Å². The zero-order chi connectivity index (χ0) is 23.3. The second kappa shape index (κ2) is 11.6. The van der Waals surface area contributed by atoms with Gasteiger partial charge in [-0.2, -0.15) is 0 Å². The zero-order valence-corrected chi connectivity index (χ0v) is 27.1. The van der Waals surface area contributed by atoms with Crippen molar-refractivity contribution in [2.75, 3.05) is 0 Å². The normalized spacial score (nSPS) is 18.0. The van der Waals surface area contributed by atoms with E-state index in [9.17, 15) is 0 Å². The molecule has 0 saturated carbocycles. The predicted molar refractivity (Wildman–Crippen MR) is 157 cm³/mol. The lowest BCUT2D eigenvalue weighted by molar-refractivity contribution is 0.116.